The minimum absolute atomic E-state index is 0.174. The van der Waals surface area contributed by atoms with Crippen molar-refractivity contribution in [1.29, 1.82) is 0 Å². The van der Waals surface area contributed by atoms with E-state index in [1.165, 1.54) is 33.7 Å². The predicted octanol–water partition coefficient (Wildman–Crippen LogP) is 5.81. The molecule has 0 amide bonds. The van der Waals surface area contributed by atoms with Crippen LogP contribution in [0.2, 0.25) is 0 Å². The molecule has 0 spiro atoms. The molecule has 2 aromatic carbocycles. The van der Waals surface area contributed by atoms with Crippen LogP contribution in [-0.4, -0.2) is 31.6 Å². The van der Waals surface area contributed by atoms with E-state index in [4.69, 9.17) is 14.3 Å². The monoisotopic (exact) mass is 480 g/mol. The van der Waals surface area contributed by atoms with Crippen LogP contribution >= 0.6 is 24.0 Å². The van der Waals surface area contributed by atoms with Crippen LogP contribution in [0.5, 0.6) is 5.75 Å². The van der Waals surface area contributed by atoms with Crippen molar-refractivity contribution in [3.05, 3.63) is 64.3 Å². The second kappa shape index (κ2) is 17.0. The summed E-state index contributed by atoms with van der Waals surface area (Å²) in [7, 11) is 1.46. The first-order valence-electron chi connectivity index (χ1n) is 9.81. The van der Waals surface area contributed by atoms with E-state index in [1.54, 1.807) is 19.1 Å². The topological polar surface area (TPSA) is 69.7 Å². The molecule has 0 aliphatic rings. The Labute approximate surface area is 198 Å². The first kappa shape index (κ1) is 29.3. The molecule has 174 valence electrons. The van der Waals surface area contributed by atoms with Crippen molar-refractivity contribution in [3.63, 3.8) is 0 Å². The summed E-state index contributed by atoms with van der Waals surface area (Å²) in [5.41, 5.74) is 2.35. The van der Waals surface area contributed by atoms with Crippen molar-refractivity contribution in [3.8, 4) is 5.75 Å². The number of methoxy groups -OCH3 is 1. The van der Waals surface area contributed by atoms with Gasteiger partial charge in [0.15, 0.2) is 11.6 Å². The fourth-order valence-corrected chi connectivity index (χ4v) is 3.44. The van der Waals surface area contributed by atoms with Crippen LogP contribution in [0.3, 0.4) is 0 Å². The molecule has 0 N–H and O–H groups in total. The maximum atomic E-state index is 12.6. The Morgan fingerprint density at radius 2 is 1.66 bits per heavy atom. The molecule has 5 nitrogen and oxygen atoms in total. The van der Waals surface area contributed by atoms with Crippen LogP contribution in [0.1, 0.15) is 29.9 Å². The number of halogens is 1. The number of carbonyl (C=O) groups is 1. The summed E-state index contributed by atoms with van der Waals surface area (Å²) in [5.74, 6) is -0.0904. The van der Waals surface area contributed by atoms with Gasteiger partial charge in [0.25, 0.3) is 0 Å². The lowest BCUT2D eigenvalue weighted by molar-refractivity contribution is -0.191. The third-order valence-corrected chi connectivity index (χ3v) is 5.33. The van der Waals surface area contributed by atoms with Gasteiger partial charge in [0, 0.05) is 9.58 Å². The number of ether oxygens (including phenoxy) is 2. The number of carbonyl (C=O) groups excluding carboxylic acids is 3. The molecule has 0 aliphatic heterocycles. The third kappa shape index (κ3) is 11.6. The number of fused-ring (bicyclic) bond motifs is 1. The zero-order chi connectivity index (χ0) is 24.5. The molecule has 32 heavy (non-hydrogen) atoms. The van der Waals surface area contributed by atoms with Crippen molar-refractivity contribution in [2.24, 2.45) is 0 Å². The highest BCUT2D eigenvalue weighted by Gasteiger charge is 2.00. The SMILES string of the molecule is CCOC(=O)CS.CCc1cc2cc(C)ccc2s1.COc1cc(C)ccc1F.O=C=O. The summed E-state index contributed by atoms with van der Waals surface area (Å²) in [6.07, 6.45) is 1.40. The molecule has 3 rings (SSSR count). The Kier molecular flexibility index (Phi) is 15.5. The van der Waals surface area contributed by atoms with E-state index in [-0.39, 0.29) is 23.7 Å². The quantitative estimate of drug-likeness (QED) is 0.377. The van der Waals surface area contributed by atoms with Crippen molar-refractivity contribution < 1.29 is 28.2 Å². The number of esters is 1. The molecule has 0 fully saturated rings. The fraction of sp³-hybridized carbons (Fsp3) is 0.333. The van der Waals surface area contributed by atoms with Crippen LogP contribution < -0.4 is 4.74 Å². The number of thiophene rings is 1. The Hall–Kier alpha value is -2.67. The lowest BCUT2D eigenvalue weighted by Gasteiger charge is -2.00. The molecule has 0 saturated carbocycles. The van der Waals surface area contributed by atoms with Crippen LogP contribution in [0.4, 0.5) is 4.39 Å². The van der Waals surface area contributed by atoms with Crippen molar-refractivity contribution in [2.45, 2.75) is 34.1 Å². The van der Waals surface area contributed by atoms with Gasteiger partial charge in [0.1, 0.15) is 0 Å². The zero-order valence-electron chi connectivity index (χ0n) is 18.9. The van der Waals surface area contributed by atoms with Gasteiger partial charge in [-0.1, -0.05) is 30.7 Å². The minimum atomic E-state index is -0.312. The molecule has 1 aromatic heterocycles. The van der Waals surface area contributed by atoms with Crippen molar-refractivity contribution >= 4 is 46.2 Å². The smallest absolute Gasteiger partial charge is 0.373 e. The number of hydrogen-bond donors (Lipinski definition) is 1. The molecule has 3 aromatic rings. The molecular formula is C24H29FO5S2. The lowest BCUT2D eigenvalue weighted by atomic mass is 10.2. The van der Waals surface area contributed by atoms with E-state index in [0.29, 0.717) is 12.4 Å². The molecule has 0 aliphatic carbocycles. The molecule has 0 bridgehead atoms. The van der Waals surface area contributed by atoms with Crippen LogP contribution in [0, 0.1) is 19.7 Å². The van der Waals surface area contributed by atoms with E-state index in [0.717, 1.165) is 12.0 Å². The average molecular weight is 481 g/mol. The average Bonchev–Trinajstić information content (AvgIpc) is 3.19. The normalized spacial score (nSPS) is 9.09. The summed E-state index contributed by atoms with van der Waals surface area (Å²) >= 11 is 5.58. The Morgan fingerprint density at radius 1 is 1.06 bits per heavy atom. The van der Waals surface area contributed by atoms with Gasteiger partial charge in [0.05, 0.1) is 19.5 Å². The predicted molar refractivity (Wildman–Crippen MR) is 129 cm³/mol. The Bertz CT molecular complexity index is 995. The molecule has 0 atom stereocenters. The molecule has 1 heterocycles. The fourth-order valence-electron chi connectivity index (χ4n) is 2.37. The number of hydrogen-bond acceptors (Lipinski definition) is 7. The summed E-state index contributed by atoms with van der Waals surface area (Å²) in [6.45, 7) is 8.45. The largest absolute Gasteiger partial charge is 0.494 e. The number of thiol groups is 1. The Morgan fingerprint density at radius 3 is 2.12 bits per heavy atom. The number of benzene rings is 2. The summed E-state index contributed by atoms with van der Waals surface area (Å²) < 4.78 is 23.3. The van der Waals surface area contributed by atoms with E-state index in [2.05, 4.69) is 55.5 Å². The third-order valence-electron chi connectivity index (χ3n) is 3.81. The van der Waals surface area contributed by atoms with Gasteiger partial charge >= 0.3 is 12.1 Å². The molecular weight excluding hydrogens is 451 g/mol. The van der Waals surface area contributed by atoms with Gasteiger partial charge in [0.2, 0.25) is 0 Å². The summed E-state index contributed by atoms with van der Waals surface area (Å²) in [5, 5.41) is 1.40. The Balaban J connectivity index is 0.000000438. The first-order valence-corrected chi connectivity index (χ1v) is 11.3. The van der Waals surface area contributed by atoms with Gasteiger partial charge in [-0.2, -0.15) is 22.2 Å². The van der Waals surface area contributed by atoms with Crippen molar-refractivity contribution in [1.82, 2.24) is 0 Å². The highest BCUT2D eigenvalue weighted by molar-refractivity contribution is 7.81. The van der Waals surface area contributed by atoms with E-state index in [9.17, 15) is 9.18 Å². The van der Waals surface area contributed by atoms with Gasteiger partial charge < -0.3 is 9.47 Å². The van der Waals surface area contributed by atoms with Crippen LogP contribution in [-0.2, 0) is 25.5 Å². The maximum absolute atomic E-state index is 12.6. The van der Waals surface area contributed by atoms with Crippen molar-refractivity contribution in [2.75, 3.05) is 19.5 Å². The number of rotatable bonds is 4. The molecule has 0 unspecified atom stereocenters. The van der Waals surface area contributed by atoms with Gasteiger partial charge in [-0.3, -0.25) is 4.79 Å². The van der Waals surface area contributed by atoms with Crippen LogP contribution in [0.25, 0.3) is 10.1 Å². The van der Waals surface area contributed by atoms with E-state index in [1.807, 2.05) is 18.3 Å². The van der Waals surface area contributed by atoms with E-state index >= 15 is 0 Å². The maximum Gasteiger partial charge on any atom is 0.373 e. The summed E-state index contributed by atoms with van der Waals surface area (Å²) in [4.78, 5) is 27.8. The van der Waals surface area contributed by atoms with Crippen LogP contribution in [0.15, 0.2) is 42.5 Å². The molecule has 8 heteroatoms. The minimum Gasteiger partial charge on any atom is -0.494 e. The first-order chi connectivity index (χ1) is 15.3. The summed E-state index contributed by atoms with van der Waals surface area (Å²) in [6, 6.07) is 13.7. The van der Waals surface area contributed by atoms with Gasteiger partial charge in [-0.25, -0.2) is 4.39 Å². The second-order valence-corrected chi connectivity index (χ2v) is 7.78. The van der Waals surface area contributed by atoms with Gasteiger partial charge in [-0.15, -0.1) is 11.3 Å². The molecule has 0 radical (unpaired) electrons. The second-order valence-electron chi connectivity index (χ2n) is 6.29. The lowest BCUT2D eigenvalue weighted by Crippen LogP contribution is -2.03. The van der Waals surface area contributed by atoms with Gasteiger partial charge in [-0.05, 0) is 62.4 Å². The highest BCUT2D eigenvalue weighted by atomic mass is 32.1. The molecule has 0 saturated heterocycles. The van der Waals surface area contributed by atoms with E-state index < -0.39 is 0 Å². The zero-order valence-corrected chi connectivity index (χ0v) is 20.6. The standard InChI is InChI=1S/C11H12S.C8H9FO.C4H8O2S.CO2/c1-3-10-7-9-6-8(2)4-5-11(9)12-10;1-6-3-4-7(9)8(5-6)10-2;1-2-6-4(5)3-7;2-1-3/h4-7H,3H2,1-2H3;3-5H,1-2H3;7H,2-3H2,1H3;. The number of aryl methyl sites for hydroxylation is 3. The highest BCUT2D eigenvalue weighted by Crippen LogP contribution is 2.26.